The van der Waals surface area contributed by atoms with Crippen molar-refractivity contribution in [3.8, 4) is 0 Å². The maximum Gasteiger partial charge on any atom is 0.185 e. The number of aliphatic hydroxyl groups is 1. The fraction of sp³-hybridized carbons (Fsp3) is 0.750. The van der Waals surface area contributed by atoms with Gasteiger partial charge in [-0.25, -0.2) is 4.98 Å². The third-order valence-corrected chi connectivity index (χ3v) is 4.27. The predicted octanol–water partition coefficient (Wildman–Crippen LogP) is 2.58. The van der Waals surface area contributed by atoms with E-state index in [0.29, 0.717) is 0 Å². The van der Waals surface area contributed by atoms with Gasteiger partial charge < -0.3 is 10.0 Å². The van der Waals surface area contributed by atoms with Gasteiger partial charge in [-0.05, 0) is 19.3 Å². The molecule has 3 nitrogen and oxygen atoms in total. The Morgan fingerprint density at radius 2 is 1.94 bits per heavy atom. The Hall–Kier alpha value is -0.610. The molecule has 0 amide bonds. The Morgan fingerprint density at radius 3 is 2.44 bits per heavy atom. The van der Waals surface area contributed by atoms with Gasteiger partial charge in [0.2, 0.25) is 0 Å². The van der Waals surface area contributed by atoms with Crippen molar-refractivity contribution in [2.24, 2.45) is 0 Å². The summed E-state index contributed by atoms with van der Waals surface area (Å²) in [6.07, 6.45) is 6.15. The molecule has 1 aliphatic rings. The molecule has 0 spiro atoms. The quantitative estimate of drug-likeness (QED) is 0.882. The summed E-state index contributed by atoms with van der Waals surface area (Å²) in [6.45, 7) is 4.48. The minimum Gasteiger partial charge on any atom is -0.391 e. The zero-order chi connectivity index (χ0) is 11.4. The summed E-state index contributed by atoms with van der Waals surface area (Å²) >= 11 is 1.66. The summed E-state index contributed by atoms with van der Waals surface area (Å²) in [6, 6.07) is 0. The molecule has 1 N–H and O–H groups in total. The van der Waals surface area contributed by atoms with Gasteiger partial charge in [0.05, 0.1) is 17.2 Å². The first-order chi connectivity index (χ1) is 7.85. The first-order valence-corrected chi connectivity index (χ1v) is 7.01. The standard InChI is InChI=1S/C12H20N2OS/c1-2-10-11(9-15)16-12(13-10)14-7-5-3-4-6-8-14/h15H,2-9H2,1H3. The normalized spacial score (nSPS) is 17.5. The van der Waals surface area contributed by atoms with Gasteiger partial charge in [-0.2, -0.15) is 0 Å². The molecule has 0 aliphatic carbocycles. The van der Waals surface area contributed by atoms with Crippen LogP contribution in [0.5, 0.6) is 0 Å². The zero-order valence-corrected chi connectivity index (χ0v) is 10.7. The van der Waals surface area contributed by atoms with Crippen molar-refractivity contribution >= 4 is 16.5 Å². The lowest BCUT2D eigenvalue weighted by molar-refractivity contribution is 0.284. The summed E-state index contributed by atoms with van der Waals surface area (Å²) in [5, 5.41) is 10.4. The van der Waals surface area contributed by atoms with Crippen LogP contribution in [-0.4, -0.2) is 23.2 Å². The molecule has 0 saturated carbocycles. The topological polar surface area (TPSA) is 36.4 Å². The SMILES string of the molecule is CCc1nc(N2CCCCCC2)sc1CO. The number of aryl methyl sites for hydroxylation is 1. The molecule has 0 radical (unpaired) electrons. The first kappa shape index (κ1) is 11.9. The highest BCUT2D eigenvalue weighted by Gasteiger charge is 2.16. The molecule has 0 bridgehead atoms. The second-order valence-electron chi connectivity index (χ2n) is 4.28. The Morgan fingerprint density at radius 1 is 1.25 bits per heavy atom. The monoisotopic (exact) mass is 240 g/mol. The van der Waals surface area contributed by atoms with E-state index in [2.05, 4.69) is 16.8 Å². The number of anilines is 1. The van der Waals surface area contributed by atoms with Crippen LogP contribution < -0.4 is 4.90 Å². The van der Waals surface area contributed by atoms with Gasteiger partial charge in [-0.15, -0.1) is 0 Å². The number of aromatic nitrogens is 1. The molecule has 0 aromatic carbocycles. The van der Waals surface area contributed by atoms with E-state index in [4.69, 9.17) is 0 Å². The third-order valence-electron chi connectivity index (χ3n) is 3.12. The van der Waals surface area contributed by atoms with Crippen molar-refractivity contribution in [2.45, 2.75) is 45.6 Å². The fourth-order valence-corrected chi connectivity index (χ4v) is 3.23. The fourth-order valence-electron chi connectivity index (χ4n) is 2.17. The van der Waals surface area contributed by atoms with Crippen LogP contribution in [0, 0.1) is 0 Å². The molecular weight excluding hydrogens is 220 g/mol. The zero-order valence-electron chi connectivity index (χ0n) is 9.91. The second kappa shape index (κ2) is 5.64. The Bertz CT molecular complexity index is 308. The summed E-state index contributed by atoms with van der Waals surface area (Å²) in [4.78, 5) is 8.08. The highest BCUT2D eigenvalue weighted by Crippen LogP contribution is 2.28. The molecule has 90 valence electrons. The molecule has 2 heterocycles. The minimum absolute atomic E-state index is 0.134. The van der Waals surface area contributed by atoms with Crippen LogP contribution in [0.1, 0.15) is 43.2 Å². The van der Waals surface area contributed by atoms with Crippen molar-refractivity contribution in [1.82, 2.24) is 4.98 Å². The van der Waals surface area contributed by atoms with Crippen LogP contribution in [-0.2, 0) is 13.0 Å². The Kier molecular flexibility index (Phi) is 4.18. The van der Waals surface area contributed by atoms with Crippen LogP contribution in [0.4, 0.5) is 5.13 Å². The van der Waals surface area contributed by atoms with E-state index in [1.165, 1.54) is 25.7 Å². The van der Waals surface area contributed by atoms with Gasteiger partial charge in [-0.3, -0.25) is 0 Å². The molecule has 1 aromatic rings. The number of rotatable bonds is 3. The van der Waals surface area contributed by atoms with Gasteiger partial charge in [0.15, 0.2) is 5.13 Å². The number of nitrogens with zero attached hydrogens (tertiary/aromatic N) is 2. The summed E-state index contributed by atoms with van der Waals surface area (Å²) in [7, 11) is 0. The molecular formula is C12H20N2OS. The van der Waals surface area contributed by atoms with Gasteiger partial charge in [0.1, 0.15) is 0 Å². The molecule has 1 aromatic heterocycles. The largest absolute Gasteiger partial charge is 0.391 e. The lowest BCUT2D eigenvalue weighted by Gasteiger charge is -2.18. The molecule has 4 heteroatoms. The molecule has 2 rings (SSSR count). The van der Waals surface area contributed by atoms with Crippen molar-refractivity contribution < 1.29 is 5.11 Å². The van der Waals surface area contributed by atoms with Gasteiger partial charge in [0, 0.05) is 13.1 Å². The van der Waals surface area contributed by atoms with Crippen LogP contribution in [0.2, 0.25) is 0 Å². The van der Waals surface area contributed by atoms with E-state index in [-0.39, 0.29) is 6.61 Å². The molecule has 0 atom stereocenters. The second-order valence-corrected chi connectivity index (χ2v) is 5.34. The molecule has 0 unspecified atom stereocenters. The molecule has 1 saturated heterocycles. The molecule has 16 heavy (non-hydrogen) atoms. The van der Waals surface area contributed by atoms with E-state index in [1.54, 1.807) is 11.3 Å². The number of hydrogen-bond acceptors (Lipinski definition) is 4. The lowest BCUT2D eigenvalue weighted by Crippen LogP contribution is -2.23. The van der Waals surface area contributed by atoms with E-state index >= 15 is 0 Å². The maximum absolute atomic E-state index is 9.27. The van der Waals surface area contributed by atoms with Crippen LogP contribution in [0.15, 0.2) is 0 Å². The van der Waals surface area contributed by atoms with Gasteiger partial charge in [0.25, 0.3) is 0 Å². The highest BCUT2D eigenvalue weighted by molar-refractivity contribution is 7.15. The van der Waals surface area contributed by atoms with Crippen LogP contribution in [0.3, 0.4) is 0 Å². The summed E-state index contributed by atoms with van der Waals surface area (Å²) in [5.41, 5.74) is 1.08. The Balaban J connectivity index is 2.15. The average molecular weight is 240 g/mol. The van der Waals surface area contributed by atoms with Crippen molar-refractivity contribution in [3.05, 3.63) is 10.6 Å². The van der Waals surface area contributed by atoms with E-state index in [9.17, 15) is 5.11 Å². The smallest absolute Gasteiger partial charge is 0.185 e. The van der Waals surface area contributed by atoms with Gasteiger partial charge in [-0.1, -0.05) is 31.1 Å². The third kappa shape index (κ3) is 2.55. The first-order valence-electron chi connectivity index (χ1n) is 6.19. The highest BCUT2D eigenvalue weighted by atomic mass is 32.1. The molecule has 1 aliphatic heterocycles. The van der Waals surface area contributed by atoms with E-state index in [1.807, 2.05) is 0 Å². The summed E-state index contributed by atoms with van der Waals surface area (Å²) in [5.74, 6) is 0. The van der Waals surface area contributed by atoms with Crippen molar-refractivity contribution in [2.75, 3.05) is 18.0 Å². The number of thiazole rings is 1. The predicted molar refractivity (Wildman–Crippen MR) is 68.1 cm³/mol. The van der Waals surface area contributed by atoms with Crippen LogP contribution >= 0.6 is 11.3 Å². The lowest BCUT2D eigenvalue weighted by atomic mass is 10.2. The maximum atomic E-state index is 9.27. The van der Waals surface area contributed by atoms with Crippen molar-refractivity contribution in [1.29, 1.82) is 0 Å². The summed E-state index contributed by atoms with van der Waals surface area (Å²) < 4.78 is 0. The van der Waals surface area contributed by atoms with E-state index in [0.717, 1.165) is 35.2 Å². The number of aliphatic hydroxyl groups excluding tert-OH is 1. The number of hydrogen-bond donors (Lipinski definition) is 1. The average Bonchev–Trinajstić information content (AvgIpc) is 2.54. The van der Waals surface area contributed by atoms with Crippen LogP contribution in [0.25, 0.3) is 0 Å². The van der Waals surface area contributed by atoms with E-state index < -0.39 is 0 Å². The van der Waals surface area contributed by atoms with Crippen molar-refractivity contribution in [3.63, 3.8) is 0 Å². The Labute approximate surface area is 101 Å². The molecule has 1 fully saturated rings. The van der Waals surface area contributed by atoms with Gasteiger partial charge >= 0.3 is 0 Å². The minimum atomic E-state index is 0.134.